The Morgan fingerprint density at radius 1 is 0.886 bits per heavy atom. The zero-order valence-corrected chi connectivity index (χ0v) is 19.6. The largest absolute Gasteiger partial charge is 0.496 e. The quantitative estimate of drug-likeness (QED) is 0.232. The molecular formula is C29H25N3O3. The summed E-state index contributed by atoms with van der Waals surface area (Å²) in [6, 6.07) is 28.7. The number of esters is 1. The SMILES string of the molecule is COc1ccccc1C(=O)Oc1ccccc1-c1nc2c(C)cccn2c1NCc1ccccc1. The second kappa shape index (κ2) is 9.73. The van der Waals surface area contributed by atoms with E-state index in [4.69, 9.17) is 14.5 Å². The standard InChI is InChI=1S/C29H25N3O3/c1-20-11-10-18-32-27(20)31-26(28(32)30-19-21-12-4-3-5-13-21)22-14-6-9-17-25(22)35-29(33)23-15-7-8-16-24(23)34-2/h3-18,30H,19H2,1-2H3. The van der Waals surface area contributed by atoms with Crippen LogP contribution in [0.4, 0.5) is 5.82 Å². The van der Waals surface area contributed by atoms with Crippen molar-refractivity contribution in [2.45, 2.75) is 13.5 Å². The highest BCUT2D eigenvalue weighted by Gasteiger charge is 2.21. The predicted molar refractivity (Wildman–Crippen MR) is 137 cm³/mol. The number of rotatable bonds is 7. The molecule has 0 fully saturated rings. The second-order valence-electron chi connectivity index (χ2n) is 8.12. The minimum atomic E-state index is -0.492. The maximum atomic E-state index is 13.1. The molecule has 6 heteroatoms. The first-order valence-electron chi connectivity index (χ1n) is 11.4. The highest BCUT2D eigenvalue weighted by Crippen LogP contribution is 2.36. The van der Waals surface area contributed by atoms with Crippen molar-refractivity contribution in [1.29, 1.82) is 0 Å². The van der Waals surface area contributed by atoms with Gasteiger partial charge in [-0.1, -0.05) is 60.7 Å². The summed E-state index contributed by atoms with van der Waals surface area (Å²) in [6.07, 6.45) is 1.98. The van der Waals surface area contributed by atoms with E-state index in [-0.39, 0.29) is 0 Å². The monoisotopic (exact) mass is 463 g/mol. The molecule has 5 aromatic rings. The van der Waals surface area contributed by atoms with E-state index in [9.17, 15) is 4.79 Å². The lowest BCUT2D eigenvalue weighted by Gasteiger charge is -2.13. The number of fused-ring (bicyclic) bond motifs is 1. The van der Waals surface area contributed by atoms with E-state index >= 15 is 0 Å². The zero-order chi connectivity index (χ0) is 24.2. The van der Waals surface area contributed by atoms with Crippen molar-refractivity contribution < 1.29 is 14.3 Å². The summed E-state index contributed by atoms with van der Waals surface area (Å²) in [5, 5.41) is 3.55. The maximum absolute atomic E-state index is 13.1. The minimum absolute atomic E-state index is 0.359. The van der Waals surface area contributed by atoms with Crippen molar-refractivity contribution >= 4 is 17.4 Å². The van der Waals surface area contributed by atoms with Crippen LogP contribution in [-0.2, 0) is 6.54 Å². The number of nitrogens with one attached hydrogen (secondary N) is 1. The molecule has 0 radical (unpaired) electrons. The van der Waals surface area contributed by atoms with Gasteiger partial charge in [0.25, 0.3) is 0 Å². The van der Waals surface area contributed by atoms with Gasteiger partial charge >= 0.3 is 5.97 Å². The van der Waals surface area contributed by atoms with Gasteiger partial charge in [0, 0.05) is 18.3 Å². The average molecular weight is 464 g/mol. The van der Waals surface area contributed by atoms with E-state index in [1.807, 2.05) is 72.1 Å². The van der Waals surface area contributed by atoms with Crippen LogP contribution in [0.5, 0.6) is 11.5 Å². The number of hydrogen-bond acceptors (Lipinski definition) is 5. The number of pyridine rings is 1. The fourth-order valence-electron chi connectivity index (χ4n) is 4.06. The first kappa shape index (κ1) is 22.2. The lowest BCUT2D eigenvalue weighted by atomic mass is 10.1. The van der Waals surface area contributed by atoms with Gasteiger partial charge in [0.15, 0.2) is 0 Å². The highest BCUT2D eigenvalue weighted by atomic mass is 16.5. The van der Waals surface area contributed by atoms with Crippen molar-refractivity contribution in [2.24, 2.45) is 0 Å². The van der Waals surface area contributed by atoms with Crippen LogP contribution >= 0.6 is 0 Å². The lowest BCUT2D eigenvalue weighted by molar-refractivity contribution is 0.0732. The van der Waals surface area contributed by atoms with Crippen LogP contribution in [0.15, 0.2) is 97.2 Å². The van der Waals surface area contributed by atoms with E-state index in [0.717, 1.165) is 28.2 Å². The van der Waals surface area contributed by atoms with Crippen LogP contribution in [0.3, 0.4) is 0 Å². The third-order valence-electron chi connectivity index (χ3n) is 5.82. The summed E-state index contributed by atoms with van der Waals surface area (Å²) in [7, 11) is 1.53. The van der Waals surface area contributed by atoms with Gasteiger partial charge in [0.1, 0.15) is 34.2 Å². The Morgan fingerprint density at radius 2 is 1.60 bits per heavy atom. The molecule has 0 saturated heterocycles. The molecule has 2 aromatic heterocycles. The summed E-state index contributed by atoms with van der Waals surface area (Å²) >= 11 is 0. The Morgan fingerprint density at radius 3 is 2.40 bits per heavy atom. The molecule has 1 N–H and O–H groups in total. The van der Waals surface area contributed by atoms with Crippen LogP contribution in [-0.4, -0.2) is 22.5 Å². The highest BCUT2D eigenvalue weighted by molar-refractivity contribution is 5.95. The number of imidazole rings is 1. The third-order valence-corrected chi connectivity index (χ3v) is 5.82. The van der Waals surface area contributed by atoms with Crippen LogP contribution in [0.1, 0.15) is 21.5 Å². The Balaban J connectivity index is 1.57. The fraction of sp³-hybridized carbons (Fsp3) is 0.103. The van der Waals surface area contributed by atoms with Gasteiger partial charge in [-0.15, -0.1) is 0 Å². The van der Waals surface area contributed by atoms with Crippen molar-refractivity contribution in [2.75, 3.05) is 12.4 Å². The first-order valence-corrected chi connectivity index (χ1v) is 11.4. The molecule has 6 nitrogen and oxygen atoms in total. The van der Waals surface area contributed by atoms with Crippen LogP contribution in [0, 0.1) is 6.92 Å². The van der Waals surface area contributed by atoms with Crippen molar-refractivity contribution in [3.8, 4) is 22.8 Å². The van der Waals surface area contributed by atoms with Gasteiger partial charge < -0.3 is 14.8 Å². The number of nitrogens with zero attached hydrogens (tertiary/aromatic N) is 2. The first-order chi connectivity index (χ1) is 17.2. The number of carbonyl (C=O) groups excluding carboxylic acids is 1. The van der Waals surface area contributed by atoms with Crippen molar-refractivity contribution in [3.63, 3.8) is 0 Å². The molecule has 0 bridgehead atoms. The summed E-state index contributed by atoms with van der Waals surface area (Å²) in [4.78, 5) is 18.0. The number of benzene rings is 3. The maximum Gasteiger partial charge on any atom is 0.347 e. The Labute approximate surface area is 203 Å². The predicted octanol–water partition coefficient (Wildman–Crippen LogP) is 6.15. The number of aromatic nitrogens is 2. The molecule has 0 amide bonds. The van der Waals surface area contributed by atoms with Gasteiger partial charge in [-0.25, -0.2) is 9.78 Å². The van der Waals surface area contributed by atoms with E-state index < -0.39 is 5.97 Å². The number of carbonyl (C=O) groups is 1. The smallest absolute Gasteiger partial charge is 0.347 e. The lowest BCUT2D eigenvalue weighted by Crippen LogP contribution is -2.11. The molecule has 0 aliphatic rings. The molecule has 174 valence electrons. The van der Waals surface area contributed by atoms with E-state index in [1.54, 1.807) is 24.3 Å². The molecule has 0 saturated carbocycles. The number of ether oxygens (including phenoxy) is 2. The normalized spacial score (nSPS) is 10.8. The van der Waals surface area contributed by atoms with Crippen molar-refractivity contribution in [1.82, 2.24) is 9.38 Å². The second-order valence-corrected chi connectivity index (χ2v) is 8.12. The molecule has 0 aliphatic carbocycles. The van der Waals surface area contributed by atoms with Crippen LogP contribution in [0.2, 0.25) is 0 Å². The molecule has 35 heavy (non-hydrogen) atoms. The van der Waals surface area contributed by atoms with Crippen LogP contribution in [0.25, 0.3) is 16.9 Å². The summed E-state index contributed by atoms with van der Waals surface area (Å²) < 4.78 is 13.2. The number of hydrogen-bond donors (Lipinski definition) is 1. The van der Waals surface area contributed by atoms with Gasteiger partial charge in [-0.05, 0) is 48.4 Å². The van der Waals surface area contributed by atoms with Gasteiger partial charge in [-0.2, -0.15) is 0 Å². The van der Waals surface area contributed by atoms with E-state index in [1.165, 1.54) is 7.11 Å². The van der Waals surface area contributed by atoms with Crippen molar-refractivity contribution in [3.05, 3.63) is 114 Å². The summed E-state index contributed by atoms with van der Waals surface area (Å²) in [6.45, 7) is 2.65. The number of para-hydroxylation sites is 2. The van der Waals surface area contributed by atoms with Gasteiger partial charge in [-0.3, -0.25) is 4.40 Å². The number of methoxy groups -OCH3 is 1. The molecule has 0 spiro atoms. The molecule has 2 heterocycles. The molecule has 0 aliphatic heterocycles. The van der Waals surface area contributed by atoms with Gasteiger partial charge in [0.2, 0.25) is 0 Å². The summed E-state index contributed by atoms with van der Waals surface area (Å²) in [5.74, 6) is 1.22. The molecular weight excluding hydrogens is 438 g/mol. The Kier molecular flexibility index (Phi) is 6.18. The molecule has 0 unspecified atom stereocenters. The summed E-state index contributed by atoms with van der Waals surface area (Å²) in [5.41, 5.74) is 4.82. The van der Waals surface area contributed by atoms with Crippen LogP contribution < -0.4 is 14.8 Å². The van der Waals surface area contributed by atoms with E-state index in [2.05, 4.69) is 17.4 Å². The fourth-order valence-corrected chi connectivity index (χ4v) is 4.06. The zero-order valence-electron chi connectivity index (χ0n) is 19.6. The molecule has 0 atom stereocenters. The third kappa shape index (κ3) is 4.46. The Hall–Kier alpha value is -4.58. The van der Waals surface area contributed by atoms with Gasteiger partial charge in [0.05, 0.1) is 7.11 Å². The molecule has 3 aromatic carbocycles. The average Bonchev–Trinajstić information content (AvgIpc) is 3.28. The minimum Gasteiger partial charge on any atom is -0.496 e. The Bertz CT molecular complexity index is 1490. The number of aryl methyl sites for hydroxylation is 1. The number of anilines is 1. The van der Waals surface area contributed by atoms with E-state index in [0.29, 0.717) is 29.3 Å². The molecule has 5 rings (SSSR count). The topological polar surface area (TPSA) is 64.9 Å².